The number of fused-ring (bicyclic) bond motifs is 14. The number of benzene rings is 4. The van der Waals surface area contributed by atoms with E-state index in [1.165, 1.54) is 0 Å². The van der Waals surface area contributed by atoms with Crippen molar-refractivity contribution in [3.8, 4) is 5.69 Å². The third-order valence-electron chi connectivity index (χ3n) is 7.09. The maximum absolute atomic E-state index is 5.16. The molecule has 8 aromatic rings. The minimum atomic E-state index is 0. The molecule has 0 aliphatic heterocycles. The number of rotatable bonds is 1. The van der Waals surface area contributed by atoms with E-state index < -0.39 is 0 Å². The molecule has 2 N–H and O–H groups in total. The second kappa shape index (κ2) is 9.97. The lowest BCUT2D eigenvalue weighted by Crippen LogP contribution is -3.00. The molecule has 4 heterocycles. The van der Waals surface area contributed by atoms with Crippen LogP contribution >= 0.6 is 0 Å². The molecule has 0 spiro atoms. The molecule has 0 atom stereocenters. The first-order chi connectivity index (χ1) is 19.8. The number of nitrogens with one attached hydrogen (secondary N) is 2. The second-order valence-corrected chi connectivity index (χ2v) is 9.63. The summed E-state index contributed by atoms with van der Waals surface area (Å²) in [4.78, 5) is 27.3. The zero-order chi connectivity index (χ0) is 26.5. The van der Waals surface area contributed by atoms with Crippen molar-refractivity contribution in [1.82, 2.24) is 29.9 Å². The Hall–Kier alpha value is -5.40. The Bertz CT molecular complexity index is 2200. The van der Waals surface area contributed by atoms with Gasteiger partial charge in [0.25, 0.3) is 5.69 Å². The van der Waals surface area contributed by atoms with Gasteiger partial charge in [0.05, 0.1) is 11.0 Å². The normalized spacial score (nSPS) is 11.2. The van der Waals surface area contributed by atoms with Gasteiger partial charge in [-0.3, -0.25) is 0 Å². The average Bonchev–Trinajstić information content (AvgIpc) is 3.51. The first-order valence-electron chi connectivity index (χ1n) is 13.1. The van der Waals surface area contributed by atoms with Gasteiger partial charge in [0.1, 0.15) is 33.6 Å². The van der Waals surface area contributed by atoms with Gasteiger partial charge in [-0.15, -0.1) is 0 Å². The molecule has 0 fully saturated rings. The monoisotopic (exact) mass is 551 g/mol. The molecule has 4 aromatic carbocycles. The Labute approximate surface area is 240 Å². The Morgan fingerprint density at radius 1 is 0.439 bits per heavy atom. The van der Waals surface area contributed by atoms with Crippen LogP contribution in [0.25, 0.3) is 71.9 Å². The summed E-state index contributed by atoms with van der Waals surface area (Å²) in [6.07, 6.45) is 4.03. The van der Waals surface area contributed by atoms with E-state index in [0.717, 1.165) is 71.9 Å². The van der Waals surface area contributed by atoms with Crippen LogP contribution in [0.3, 0.4) is 0 Å². The molecule has 0 saturated carbocycles. The van der Waals surface area contributed by atoms with E-state index in [1.54, 1.807) is 0 Å². The lowest BCUT2D eigenvalue weighted by molar-refractivity contribution is -0.592. The Morgan fingerprint density at radius 3 is 1.37 bits per heavy atom. The van der Waals surface area contributed by atoms with Crippen molar-refractivity contribution in [2.45, 2.75) is 0 Å². The molecule has 8 bridgehead atoms. The smallest absolute Gasteiger partial charge is 0.262 e. The summed E-state index contributed by atoms with van der Waals surface area (Å²) in [6.45, 7) is 0. The van der Waals surface area contributed by atoms with Gasteiger partial charge in [-0.2, -0.15) is 4.57 Å². The summed E-state index contributed by atoms with van der Waals surface area (Å²) in [5, 5.41) is 4.00. The fourth-order valence-corrected chi connectivity index (χ4v) is 5.28. The molecule has 0 radical (unpaired) electrons. The lowest BCUT2D eigenvalue weighted by atomic mass is 10.2. The molecule has 0 amide bonds. The molecule has 7 nitrogen and oxygen atoms in total. The number of nitrogens with zero attached hydrogens (tertiary/aromatic N) is 5. The van der Waals surface area contributed by atoms with Crippen LogP contribution < -0.4 is 17.0 Å². The van der Waals surface area contributed by atoms with Crippen molar-refractivity contribution < 1.29 is 17.0 Å². The third-order valence-corrected chi connectivity index (χ3v) is 7.09. The van der Waals surface area contributed by atoms with Crippen LogP contribution in [0.15, 0.2) is 122 Å². The summed E-state index contributed by atoms with van der Waals surface area (Å²) >= 11 is 0. The fraction of sp³-hybridized carbons (Fsp3) is 0. The number of aromatic nitrogens is 7. The van der Waals surface area contributed by atoms with E-state index in [2.05, 4.69) is 38.8 Å². The van der Waals surface area contributed by atoms with Gasteiger partial charge in [-0.25, -0.2) is 19.9 Å². The van der Waals surface area contributed by atoms with Crippen LogP contribution in [0, 0.1) is 0 Å². The molecule has 41 heavy (non-hydrogen) atoms. The number of hydrogen-bond donors (Lipinski definition) is 2. The highest BCUT2D eigenvalue weighted by Crippen LogP contribution is 2.25. The molecule has 8 rings (SSSR count). The van der Waals surface area contributed by atoms with E-state index in [0.29, 0.717) is 0 Å². The molecule has 0 aliphatic rings. The first-order valence-corrected chi connectivity index (χ1v) is 13.1. The van der Waals surface area contributed by atoms with Crippen molar-refractivity contribution in [2.24, 2.45) is 0 Å². The van der Waals surface area contributed by atoms with Gasteiger partial charge < -0.3 is 22.4 Å². The van der Waals surface area contributed by atoms with Gasteiger partial charge in [0.2, 0.25) is 0 Å². The molecule has 8 heteroatoms. The number of hydrogen-bond acceptors (Lipinski definition) is 4. The number of pyridine rings is 1. The Morgan fingerprint density at radius 2 is 0.878 bits per heavy atom. The van der Waals surface area contributed by atoms with Crippen molar-refractivity contribution in [2.75, 3.05) is 0 Å². The Kier molecular flexibility index (Phi) is 5.99. The third kappa shape index (κ3) is 4.29. The van der Waals surface area contributed by atoms with E-state index in [9.17, 15) is 0 Å². The van der Waals surface area contributed by atoms with Crippen molar-refractivity contribution in [3.05, 3.63) is 122 Å². The zero-order valence-corrected chi connectivity index (χ0v) is 22.4. The standard InChI is InChI=1S/C33H22N7.ClH/c1-6-18-40(19-7-1)29-27-16-9-17-28(29)37-33-26-15-5-3-13-24(26)31(39-33)35-22-11-8-10-21(20-22)34-30-23-12-2-4-14-25(23)32(36-27)38-30;/h1-20H,(H,34,36,38)(H,35,37,39);1H/q+1;/p-1. The van der Waals surface area contributed by atoms with Gasteiger partial charge in [-0.05, 0) is 30.3 Å². The summed E-state index contributed by atoms with van der Waals surface area (Å²) in [5.41, 5.74) is 7.02. The van der Waals surface area contributed by atoms with Crippen LogP contribution in [0.2, 0.25) is 0 Å². The maximum Gasteiger partial charge on any atom is 0.262 e. The lowest BCUT2D eigenvalue weighted by Gasteiger charge is -1.99. The summed E-state index contributed by atoms with van der Waals surface area (Å²) in [6, 6.07) is 36.3. The van der Waals surface area contributed by atoms with Crippen molar-refractivity contribution >= 4 is 66.2 Å². The maximum atomic E-state index is 5.16. The largest absolute Gasteiger partial charge is 1.00 e. The number of H-pyrrole nitrogens is 2. The van der Waals surface area contributed by atoms with Crippen LogP contribution in [0.4, 0.5) is 0 Å². The van der Waals surface area contributed by atoms with Gasteiger partial charge in [0.15, 0.2) is 12.4 Å². The molecule has 196 valence electrons. The van der Waals surface area contributed by atoms with Crippen LogP contribution in [0.1, 0.15) is 0 Å². The van der Waals surface area contributed by atoms with E-state index in [1.807, 2.05) is 97.3 Å². The minimum Gasteiger partial charge on any atom is -1.00 e. The summed E-state index contributed by atoms with van der Waals surface area (Å²) in [5.74, 6) is 0. The molecule has 4 aromatic heterocycles. The van der Waals surface area contributed by atoms with E-state index >= 15 is 0 Å². The van der Waals surface area contributed by atoms with Gasteiger partial charge in [-0.1, -0.05) is 66.7 Å². The summed E-state index contributed by atoms with van der Waals surface area (Å²) < 4.78 is 2.05. The van der Waals surface area contributed by atoms with Crippen LogP contribution in [-0.4, -0.2) is 29.9 Å². The average molecular weight is 552 g/mol. The van der Waals surface area contributed by atoms with Crippen molar-refractivity contribution in [1.29, 1.82) is 0 Å². The van der Waals surface area contributed by atoms with Crippen LogP contribution in [-0.2, 0) is 0 Å². The molecular weight excluding hydrogens is 530 g/mol. The fourth-order valence-electron chi connectivity index (χ4n) is 5.28. The van der Waals surface area contributed by atoms with E-state index in [-0.39, 0.29) is 12.4 Å². The molecule has 0 saturated heterocycles. The van der Waals surface area contributed by atoms with Crippen LogP contribution in [0.5, 0.6) is 0 Å². The minimum absolute atomic E-state index is 0. The molecule has 0 aliphatic carbocycles. The first kappa shape index (κ1) is 24.6. The molecular formula is C33H22ClN7. The van der Waals surface area contributed by atoms with Gasteiger partial charge in [0, 0.05) is 33.7 Å². The number of aromatic amines is 2. The van der Waals surface area contributed by atoms with Gasteiger partial charge >= 0.3 is 0 Å². The summed E-state index contributed by atoms with van der Waals surface area (Å²) in [7, 11) is 0. The Balaban J connectivity index is 0.00000276. The quantitative estimate of drug-likeness (QED) is 0.304. The zero-order valence-electron chi connectivity index (χ0n) is 21.7. The number of para-hydroxylation sites is 1. The number of halogens is 1. The SMILES string of the molecule is [Cl-].c1cc[n+](-c2c3cccc2nc2[nH]c(nc4cccc(c4)nc4[nH]c(n3)c3ccccc43)c3ccccc23)cc1. The highest BCUT2D eigenvalue weighted by molar-refractivity contribution is 6.06. The molecule has 0 unspecified atom stereocenters. The topological polar surface area (TPSA) is 87.0 Å². The van der Waals surface area contributed by atoms with E-state index in [4.69, 9.17) is 19.9 Å². The predicted octanol–water partition coefficient (Wildman–Crippen LogP) is 3.81. The second-order valence-electron chi connectivity index (χ2n) is 9.63. The van der Waals surface area contributed by atoms with Crippen molar-refractivity contribution in [3.63, 3.8) is 0 Å². The highest BCUT2D eigenvalue weighted by atomic mass is 35.5. The highest BCUT2D eigenvalue weighted by Gasteiger charge is 2.15. The predicted molar refractivity (Wildman–Crippen MR) is 159 cm³/mol.